The van der Waals surface area contributed by atoms with E-state index in [2.05, 4.69) is 59.4 Å². The molecule has 3 rings (SSSR count). The lowest BCUT2D eigenvalue weighted by Crippen LogP contribution is -2.40. The number of nitrogens with one attached hydrogen (secondary N) is 1. The molecule has 1 fully saturated rings. The zero-order valence-electron chi connectivity index (χ0n) is 14.9. The van der Waals surface area contributed by atoms with Crippen LogP contribution in [0.25, 0.3) is 11.2 Å². The maximum atomic E-state index is 4.77. The predicted molar refractivity (Wildman–Crippen MR) is 93.7 cm³/mol. The predicted octanol–water partition coefficient (Wildman–Crippen LogP) is 2.69. The number of likely N-dealkylation sites (tertiary alicyclic amines) is 1. The highest BCUT2D eigenvalue weighted by molar-refractivity contribution is 5.83. The molecule has 3 heterocycles. The van der Waals surface area contributed by atoms with Crippen molar-refractivity contribution in [2.24, 2.45) is 0 Å². The Balaban J connectivity index is 1.85. The van der Waals surface area contributed by atoms with Gasteiger partial charge in [-0.1, -0.05) is 6.92 Å². The lowest BCUT2D eigenvalue weighted by molar-refractivity contribution is 0.174. The first-order valence-corrected chi connectivity index (χ1v) is 8.65. The van der Waals surface area contributed by atoms with Crippen LogP contribution in [-0.2, 0) is 13.0 Å². The molecule has 2 aromatic heterocycles. The molecule has 1 atom stereocenters. The Hall–Kier alpha value is -1.69. The first-order valence-electron chi connectivity index (χ1n) is 8.65. The summed E-state index contributed by atoms with van der Waals surface area (Å²) in [6.07, 6.45) is 3.69. The number of rotatable bonds is 4. The third-order valence-corrected chi connectivity index (χ3v) is 4.72. The third-order valence-electron chi connectivity index (χ3n) is 4.72. The largest absolute Gasteiger partial charge is 0.364 e. The molecule has 1 N–H and O–H groups in total. The lowest BCUT2D eigenvalue weighted by atomic mass is 10.1. The Bertz CT molecular complexity index is 684. The van der Waals surface area contributed by atoms with E-state index in [0.717, 1.165) is 55.3 Å². The molecular weight excluding hydrogens is 288 g/mol. The van der Waals surface area contributed by atoms with E-state index in [4.69, 9.17) is 4.98 Å². The Kier molecular flexibility index (Phi) is 4.27. The van der Waals surface area contributed by atoms with Crippen LogP contribution in [0.15, 0.2) is 6.33 Å². The minimum atomic E-state index is 0.219. The molecule has 0 amide bonds. The van der Waals surface area contributed by atoms with E-state index in [1.54, 1.807) is 6.33 Å². The highest BCUT2D eigenvalue weighted by atomic mass is 15.2. The zero-order valence-corrected chi connectivity index (χ0v) is 14.9. The van der Waals surface area contributed by atoms with E-state index in [1.807, 2.05) is 0 Å². The number of fused-ring (bicyclic) bond motifs is 1. The summed E-state index contributed by atoms with van der Waals surface area (Å²) in [5, 5.41) is 3.61. The van der Waals surface area contributed by atoms with E-state index < -0.39 is 0 Å². The van der Waals surface area contributed by atoms with Crippen molar-refractivity contribution in [1.82, 2.24) is 24.4 Å². The summed E-state index contributed by atoms with van der Waals surface area (Å²) in [5.74, 6) is 1.95. The minimum absolute atomic E-state index is 0.219. The van der Waals surface area contributed by atoms with Crippen molar-refractivity contribution in [1.29, 1.82) is 0 Å². The van der Waals surface area contributed by atoms with Gasteiger partial charge >= 0.3 is 0 Å². The number of aryl methyl sites for hydroxylation is 2. The van der Waals surface area contributed by atoms with Gasteiger partial charge in [0.05, 0.1) is 0 Å². The second-order valence-electron chi connectivity index (χ2n) is 7.27. The summed E-state index contributed by atoms with van der Waals surface area (Å²) in [6, 6.07) is 0.421. The van der Waals surface area contributed by atoms with Gasteiger partial charge in [0.2, 0.25) is 0 Å². The summed E-state index contributed by atoms with van der Waals surface area (Å²) in [6.45, 7) is 14.1. The normalized spacial score (nSPS) is 19.6. The fourth-order valence-electron chi connectivity index (χ4n) is 3.37. The van der Waals surface area contributed by atoms with E-state index >= 15 is 0 Å². The SMILES string of the molecule is CCc1nc2c(N[C@H]3CCN(C(C)(C)C)C3)ncnc2n1CC. The summed E-state index contributed by atoms with van der Waals surface area (Å²) in [7, 11) is 0. The first-order chi connectivity index (χ1) is 10.9. The van der Waals surface area contributed by atoms with E-state index in [9.17, 15) is 0 Å². The van der Waals surface area contributed by atoms with Crippen LogP contribution in [-0.4, -0.2) is 49.1 Å². The van der Waals surface area contributed by atoms with Crippen LogP contribution in [0.3, 0.4) is 0 Å². The monoisotopic (exact) mass is 316 g/mol. The summed E-state index contributed by atoms with van der Waals surface area (Å²) in [5.41, 5.74) is 2.06. The van der Waals surface area contributed by atoms with Gasteiger partial charge < -0.3 is 9.88 Å². The second kappa shape index (κ2) is 6.07. The molecule has 23 heavy (non-hydrogen) atoms. The van der Waals surface area contributed by atoms with Crippen LogP contribution in [0.4, 0.5) is 5.82 Å². The standard InChI is InChI=1S/C17H28N6/c1-6-13-21-14-15(18-11-19-16(14)23(13)7-2)20-12-8-9-22(10-12)17(3,4)5/h11-12H,6-10H2,1-5H3,(H,18,19,20)/t12-/m0/s1. The molecule has 1 saturated heterocycles. The van der Waals surface area contributed by atoms with Crippen molar-refractivity contribution >= 4 is 17.0 Å². The van der Waals surface area contributed by atoms with Gasteiger partial charge in [0.1, 0.15) is 12.2 Å². The van der Waals surface area contributed by atoms with Crippen molar-refractivity contribution in [2.45, 2.75) is 65.6 Å². The molecule has 126 valence electrons. The molecule has 6 nitrogen and oxygen atoms in total. The Morgan fingerprint density at radius 2 is 2.04 bits per heavy atom. The highest BCUT2D eigenvalue weighted by Crippen LogP contribution is 2.25. The van der Waals surface area contributed by atoms with Crippen LogP contribution in [0, 0.1) is 0 Å². The molecular formula is C17H28N6. The Labute approximate surface area is 138 Å². The molecule has 0 aromatic carbocycles. The van der Waals surface area contributed by atoms with Gasteiger partial charge in [0, 0.05) is 37.6 Å². The van der Waals surface area contributed by atoms with E-state index in [1.165, 1.54) is 0 Å². The molecule has 0 saturated carbocycles. The van der Waals surface area contributed by atoms with Gasteiger partial charge in [-0.25, -0.2) is 15.0 Å². The number of nitrogens with zero attached hydrogens (tertiary/aromatic N) is 5. The molecule has 1 aliphatic rings. The van der Waals surface area contributed by atoms with Gasteiger partial charge in [-0.15, -0.1) is 0 Å². The summed E-state index contributed by atoms with van der Waals surface area (Å²) >= 11 is 0. The van der Waals surface area contributed by atoms with E-state index in [-0.39, 0.29) is 5.54 Å². The van der Waals surface area contributed by atoms with Crippen molar-refractivity contribution < 1.29 is 0 Å². The maximum Gasteiger partial charge on any atom is 0.165 e. The molecule has 6 heteroatoms. The Morgan fingerprint density at radius 3 is 2.65 bits per heavy atom. The quantitative estimate of drug-likeness (QED) is 0.940. The molecule has 0 spiro atoms. The van der Waals surface area contributed by atoms with Crippen molar-refractivity contribution in [3.63, 3.8) is 0 Å². The number of anilines is 1. The molecule has 0 aliphatic carbocycles. The summed E-state index contributed by atoms with van der Waals surface area (Å²) < 4.78 is 2.18. The van der Waals surface area contributed by atoms with Crippen LogP contribution in [0.2, 0.25) is 0 Å². The molecule has 0 bridgehead atoms. The topological polar surface area (TPSA) is 58.9 Å². The average Bonchev–Trinajstić information content (AvgIpc) is 3.11. The van der Waals surface area contributed by atoms with Gasteiger partial charge in [0.15, 0.2) is 17.0 Å². The van der Waals surface area contributed by atoms with Gasteiger partial charge in [-0.2, -0.15) is 0 Å². The Morgan fingerprint density at radius 1 is 1.26 bits per heavy atom. The first kappa shape index (κ1) is 16.2. The van der Waals surface area contributed by atoms with Gasteiger partial charge in [-0.3, -0.25) is 4.90 Å². The van der Waals surface area contributed by atoms with E-state index in [0.29, 0.717) is 6.04 Å². The van der Waals surface area contributed by atoms with Gasteiger partial charge in [0.25, 0.3) is 0 Å². The molecule has 0 unspecified atom stereocenters. The number of hydrogen-bond donors (Lipinski definition) is 1. The highest BCUT2D eigenvalue weighted by Gasteiger charge is 2.30. The van der Waals surface area contributed by atoms with Crippen LogP contribution < -0.4 is 5.32 Å². The van der Waals surface area contributed by atoms with Crippen LogP contribution >= 0.6 is 0 Å². The fourth-order valence-corrected chi connectivity index (χ4v) is 3.37. The number of hydrogen-bond acceptors (Lipinski definition) is 5. The lowest BCUT2D eigenvalue weighted by Gasteiger charge is -2.31. The second-order valence-corrected chi connectivity index (χ2v) is 7.27. The van der Waals surface area contributed by atoms with Crippen LogP contribution in [0.5, 0.6) is 0 Å². The van der Waals surface area contributed by atoms with Crippen LogP contribution in [0.1, 0.15) is 46.9 Å². The zero-order chi connectivity index (χ0) is 16.6. The fraction of sp³-hybridized carbons (Fsp3) is 0.706. The smallest absolute Gasteiger partial charge is 0.165 e. The number of aromatic nitrogens is 4. The minimum Gasteiger partial charge on any atom is -0.364 e. The molecule has 0 radical (unpaired) electrons. The summed E-state index contributed by atoms with van der Waals surface area (Å²) in [4.78, 5) is 16.2. The molecule has 2 aromatic rings. The number of imidazole rings is 1. The molecule has 1 aliphatic heterocycles. The van der Waals surface area contributed by atoms with Gasteiger partial charge in [-0.05, 0) is 34.1 Å². The maximum absolute atomic E-state index is 4.77. The van der Waals surface area contributed by atoms with Crippen molar-refractivity contribution in [3.8, 4) is 0 Å². The van der Waals surface area contributed by atoms with Crippen molar-refractivity contribution in [3.05, 3.63) is 12.2 Å². The average molecular weight is 316 g/mol. The van der Waals surface area contributed by atoms with Crippen molar-refractivity contribution in [2.75, 3.05) is 18.4 Å². The third kappa shape index (κ3) is 3.04.